The van der Waals surface area contributed by atoms with E-state index in [1.165, 1.54) is 0 Å². The van der Waals surface area contributed by atoms with E-state index in [1.54, 1.807) is 12.1 Å². The fourth-order valence-corrected chi connectivity index (χ4v) is 2.76. The summed E-state index contributed by atoms with van der Waals surface area (Å²) in [6.07, 6.45) is 0. The Morgan fingerprint density at radius 1 is 1.50 bits per heavy atom. The van der Waals surface area contributed by atoms with Crippen LogP contribution in [0.25, 0.3) is 0 Å². The standard InChI is InChI=1S/C14H16BrClN2O2/c1-3-20-13-11(15)4-10(16)5-12(13)18-14(19)8(2)9-6-17-7-9/h4-5,17H,3,6-7H2,1-2H3,(H,18,19). The fourth-order valence-electron chi connectivity index (χ4n) is 1.84. The van der Waals surface area contributed by atoms with Crippen LogP contribution in [-0.4, -0.2) is 25.6 Å². The highest BCUT2D eigenvalue weighted by molar-refractivity contribution is 9.10. The molecular formula is C14H16BrClN2O2. The van der Waals surface area contributed by atoms with Gasteiger partial charge >= 0.3 is 0 Å². The van der Waals surface area contributed by atoms with Crippen molar-refractivity contribution >= 4 is 39.1 Å². The molecule has 4 nitrogen and oxygen atoms in total. The third kappa shape index (κ3) is 3.34. The third-order valence-electron chi connectivity index (χ3n) is 3.09. The molecule has 0 bridgehead atoms. The molecule has 1 fully saturated rings. The van der Waals surface area contributed by atoms with Crippen LogP contribution in [-0.2, 0) is 4.79 Å². The second-order valence-electron chi connectivity index (χ2n) is 4.48. The molecule has 2 rings (SSSR count). The molecule has 1 aliphatic heterocycles. The number of carbonyl (C=O) groups excluding carboxylic acids is 1. The van der Waals surface area contributed by atoms with E-state index >= 15 is 0 Å². The second kappa shape index (κ2) is 6.61. The first kappa shape index (κ1) is 15.4. The van der Waals surface area contributed by atoms with Gasteiger partial charge in [0.25, 0.3) is 5.91 Å². The predicted octanol–water partition coefficient (Wildman–Crippen LogP) is 3.36. The van der Waals surface area contributed by atoms with Crippen molar-refractivity contribution in [3.63, 3.8) is 0 Å². The minimum absolute atomic E-state index is 0.128. The summed E-state index contributed by atoms with van der Waals surface area (Å²) >= 11 is 9.42. The number of amides is 1. The summed E-state index contributed by atoms with van der Waals surface area (Å²) in [5.74, 6) is 0.464. The lowest BCUT2D eigenvalue weighted by Crippen LogP contribution is -2.36. The maximum Gasteiger partial charge on any atom is 0.251 e. The minimum Gasteiger partial charge on any atom is -0.491 e. The minimum atomic E-state index is -0.128. The number of anilines is 1. The van der Waals surface area contributed by atoms with Gasteiger partial charge in [-0.1, -0.05) is 11.6 Å². The van der Waals surface area contributed by atoms with E-state index in [-0.39, 0.29) is 5.91 Å². The van der Waals surface area contributed by atoms with Crippen LogP contribution in [0.1, 0.15) is 13.8 Å². The van der Waals surface area contributed by atoms with Crippen molar-refractivity contribution in [1.29, 1.82) is 0 Å². The third-order valence-corrected chi connectivity index (χ3v) is 3.90. The smallest absolute Gasteiger partial charge is 0.251 e. The Hall–Kier alpha value is -1.04. The number of nitrogens with one attached hydrogen (secondary N) is 2. The first-order valence-corrected chi connectivity index (χ1v) is 7.52. The summed E-state index contributed by atoms with van der Waals surface area (Å²) < 4.78 is 6.28. The summed E-state index contributed by atoms with van der Waals surface area (Å²) in [4.78, 5) is 12.2. The Morgan fingerprint density at radius 3 is 2.75 bits per heavy atom. The van der Waals surface area contributed by atoms with Crippen LogP contribution in [0.4, 0.5) is 5.69 Å². The lowest BCUT2D eigenvalue weighted by atomic mass is 10.0. The van der Waals surface area contributed by atoms with Crippen LogP contribution in [0.3, 0.4) is 0 Å². The molecule has 2 N–H and O–H groups in total. The Kier molecular flexibility index (Phi) is 5.07. The van der Waals surface area contributed by atoms with Crippen molar-refractivity contribution in [3.05, 3.63) is 32.8 Å². The van der Waals surface area contributed by atoms with Gasteiger partial charge in [-0.15, -0.1) is 0 Å². The van der Waals surface area contributed by atoms with Crippen molar-refractivity contribution in [1.82, 2.24) is 5.32 Å². The molecule has 0 spiro atoms. The van der Waals surface area contributed by atoms with Crippen LogP contribution < -0.4 is 15.4 Å². The van der Waals surface area contributed by atoms with Gasteiger partial charge in [-0.05, 0) is 47.5 Å². The SMILES string of the molecule is CCOc1c(Br)cc(Cl)cc1NC(=O)C(C)=C1CNC1. The fraction of sp³-hybridized carbons (Fsp3) is 0.357. The lowest BCUT2D eigenvalue weighted by molar-refractivity contribution is -0.112. The Morgan fingerprint density at radius 2 is 2.20 bits per heavy atom. The van der Waals surface area contributed by atoms with Gasteiger partial charge in [-0.25, -0.2) is 0 Å². The molecule has 1 amide bonds. The van der Waals surface area contributed by atoms with Gasteiger partial charge in [0.05, 0.1) is 16.8 Å². The molecule has 1 aliphatic rings. The molecule has 1 heterocycles. The zero-order valence-electron chi connectivity index (χ0n) is 11.3. The molecular weight excluding hydrogens is 344 g/mol. The summed E-state index contributed by atoms with van der Waals surface area (Å²) in [6, 6.07) is 3.43. The first-order chi connectivity index (χ1) is 9.52. The van der Waals surface area contributed by atoms with Crippen molar-refractivity contribution < 1.29 is 9.53 Å². The van der Waals surface area contributed by atoms with E-state index in [2.05, 4.69) is 26.6 Å². The monoisotopic (exact) mass is 358 g/mol. The molecule has 0 saturated carbocycles. The molecule has 0 atom stereocenters. The average molecular weight is 360 g/mol. The normalized spacial score (nSPS) is 13.7. The van der Waals surface area contributed by atoms with E-state index < -0.39 is 0 Å². The molecule has 1 aromatic carbocycles. The zero-order chi connectivity index (χ0) is 14.7. The summed E-state index contributed by atoms with van der Waals surface area (Å²) in [6.45, 7) is 5.77. The second-order valence-corrected chi connectivity index (χ2v) is 5.77. The molecule has 1 saturated heterocycles. The molecule has 0 aromatic heterocycles. The molecule has 0 unspecified atom stereocenters. The molecule has 1 aromatic rings. The summed E-state index contributed by atoms with van der Waals surface area (Å²) in [7, 11) is 0. The van der Waals surface area contributed by atoms with Crippen LogP contribution in [0.15, 0.2) is 27.8 Å². The molecule has 20 heavy (non-hydrogen) atoms. The van der Waals surface area contributed by atoms with E-state index in [0.717, 1.165) is 28.7 Å². The molecule has 108 valence electrons. The maximum absolute atomic E-state index is 12.2. The van der Waals surface area contributed by atoms with Gasteiger partial charge in [0.2, 0.25) is 0 Å². The van der Waals surface area contributed by atoms with Gasteiger partial charge in [-0.2, -0.15) is 0 Å². The number of rotatable bonds is 4. The Bertz CT molecular complexity index is 567. The number of ether oxygens (including phenoxy) is 1. The summed E-state index contributed by atoms with van der Waals surface area (Å²) in [5.41, 5.74) is 2.44. The highest BCUT2D eigenvalue weighted by Gasteiger charge is 2.18. The van der Waals surface area contributed by atoms with Gasteiger partial charge in [0.15, 0.2) is 5.75 Å². The van der Waals surface area contributed by atoms with Gasteiger partial charge < -0.3 is 15.4 Å². The number of carbonyl (C=O) groups is 1. The predicted molar refractivity (Wildman–Crippen MR) is 84.5 cm³/mol. The van der Waals surface area contributed by atoms with E-state index in [4.69, 9.17) is 16.3 Å². The number of halogens is 2. The zero-order valence-corrected chi connectivity index (χ0v) is 13.7. The van der Waals surface area contributed by atoms with Crippen LogP contribution in [0.2, 0.25) is 5.02 Å². The molecule has 6 heteroatoms. The maximum atomic E-state index is 12.2. The number of benzene rings is 1. The quantitative estimate of drug-likeness (QED) is 0.811. The van der Waals surface area contributed by atoms with Crippen LogP contribution in [0.5, 0.6) is 5.75 Å². The summed E-state index contributed by atoms with van der Waals surface area (Å²) in [5, 5.41) is 6.52. The van der Waals surface area contributed by atoms with E-state index in [9.17, 15) is 4.79 Å². The first-order valence-electron chi connectivity index (χ1n) is 6.35. The van der Waals surface area contributed by atoms with Crippen molar-refractivity contribution in [2.75, 3.05) is 25.0 Å². The van der Waals surface area contributed by atoms with Crippen molar-refractivity contribution in [2.45, 2.75) is 13.8 Å². The molecule has 0 radical (unpaired) electrons. The van der Waals surface area contributed by atoms with Gasteiger partial charge in [-0.3, -0.25) is 4.79 Å². The van der Waals surface area contributed by atoms with Gasteiger partial charge in [0.1, 0.15) is 0 Å². The van der Waals surface area contributed by atoms with E-state index in [1.807, 2.05) is 13.8 Å². The Labute approximate surface area is 131 Å². The number of hydrogen-bond donors (Lipinski definition) is 2. The highest BCUT2D eigenvalue weighted by Crippen LogP contribution is 2.36. The van der Waals surface area contributed by atoms with E-state index in [0.29, 0.717) is 23.1 Å². The number of hydrogen-bond acceptors (Lipinski definition) is 3. The largest absolute Gasteiger partial charge is 0.491 e. The lowest BCUT2D eigenvalue weighted by Gasteiger charge is -2.22. The van der Waals surface area contributed by atoms with Gasteiger partial charge in [0, 0.05) is 23.7 Å². The molecule has 0 aliphatic carbocycles. The van der Waals surface area contributed by atoms with Crippen molar-refractivity contribution in [3.8, 4) is 5.75 Å². The topological polar surface area (TPSA) is 50.4 Å². The van der Waals surface area contributed by atoms with Crippen molar-refractivity contribution in [2.24, 2.45) is 0 Å². The van der Waals surface area contributed by atoms with Crippen LogP contribution >= 0.6 is 27.5 Å². The van der Waals surface area contributed by atoms with Crippen LogP contribution in [0, 0.1) is 0 Å². The Balaban J connectivity index is 2.26. The average Bonchev–Trinajstić information content (AvgIpc) is 2.31. The highest BCUT2D eigenvalue weighted by atomic mass is 79.9.